The minimum Gasteiger partial charge on any atom is -0.392 e. The van der Waals surface area contributed by atoms with Crippen molar-refractivity contribution in [2.75, 3.05) is 20.3 Å². The van der Waals surface area contributed by atoms with Gasteiger partial charge in [0.05, 0.1) is 6.10 Å². The first-order valence-corrected chi connectivity index (χ1v) is 5.89. The molecule has 3 heteroatoms. The molecular weight excluding hydrogens is 190 g/mol. The van der Waals surface area contributed by atoms with Crippen LogP contribution in [0.15, 0.2) is 0 Å². The summed E-state index contributed by atoms with van der Waals surface area (Å²) in [5.41, 5.74) is 0. The molecule has 3 nitrogen and oxygen atoms in total. The fourth-order valence-electron chi connectivity index (χ4n) is 1.42. The van der Waals surface area contributed by atoms with Gasteiger partial charge in [0.2, 0.25) is 0 Å². The average Bonchev–Trinajstić information content (AvgIpc) is 2.16. The van der Waals surface area contributed by atoms with Crippen LogP contribution in [0.3, 0.4) is 0 Å². The molecule has 0 saturated carbocycles. The van der Waals surface area contributed by atoms with E-state index in [4.69, 9.17) is 4.74 Å². The number of methoxy groups -OCH3 is 1. The van der Waals surface area contributed by atoms with E-state index in [-0.39, 0.29) is 6.10 Å². The lowest BCUT2D eigenvalue weighted by Crippen LogP contribution is -2.41. The third-order valence-electron chi connectivity index (χ3n) is 2.80. The molecule has 15 heavy (non-hydrogen) atoms. The Balaban J connectivity index is 3.85. The Kier molecular flexibility index (Phi) is 8.02. The molecule has 0 aromatic heterocycles. The molecule has 0 aromatic carbocycles. The van der Waals surface area contributed by atoms with E-state index in [0.717, 1.165) is 13.0 Å². The molecule has 0 amide bonds. The Morgan fingerprint density at radius 1 is 1.13 bits per heavy atom. The Morgan fingerprint density at radius 3 is 2.13 bits per heavy atom. The van der Waals surface area contributed by atoms with Crippen LogP contribution >= 0.6 is 0 Å². The van der Waals surface area contributed by atoms with E-state index in [1.54, 1.807) is 7.11 Å². The van der Waals surface area contributed by atoms with Crippen LogP contribution in [0.4, 0.5) is 0 Å². The standard InChI is InChI=1S/C12H27NO2/c1-9(2)11(6-7-15-5)13-8-12(14)10(3)4/h9-14H,6-8H2,1-5H3. The number of hydrogen-bond acceptors (Lipinski definition) is 3. The lowest BCUT2D eigenvalue weighted by Gasteiger charge is -2.25. The summed E-state index contributed by atoms with van der Waals surface area (Å²) in [4.78, 5) is 0. The van der Waals surface area contributed by atoms with Gasteiger partial charge in [0, 0.05) is 26.3 Å². The molecule has 2 unspecified atom stereocenters. The van der Waals surface area contributed by atoms with Crippen molar-refractivity contribution in [1.29, 1.82) is 0 Å². The highest BCUT2D eigenvalue weighted by Crippen LogP contribution is 2.07. The van der Waals surface area contributed by atoms with E-state index < -0.39 is 0 Å². The number of hydrogen-bond donors (Lipinski definition) is 2. The van der Waals surface area contributed by atoms with E-state index in [0.29, 0.717) is 24.4 Å². The minimum absolute atomic E-state index is 0.256. The van der Waals surface area contributed by atoms with Gasteiger partial charge in [0.25, 0.3) is 0 Å². The topological polar surface area (TPSA) is 41.5 Å². The quantitative estimate of drug-likeness (QED) is 0.649. The third-order valence-corrected chi connectivity index (χ3v) is 2.80. The van der Waals surface area contributed by atoms with E-state index in [2.05, 4.69) is 19.2 Å². The molecule has 2 N–H and O–H groups in total. The van der Waals surface area contributed by atoms with Crippen molar-refractivity contribution >= 4 is 0 Å². The Morgan fingerprint density at radius 2 is 1.73 bits per heavy atom. The first kappa shape index (κ1) is 14.9. The zero-order chi connectivity index (χ0) is 11.8. The molecule has 0 spiro atoms. The first-order valence-electron chi connectivity index (χ1n) is 5.89. The van der Waals surface area contributed by atoms with Gasteiger partial charge in [0.1, 0.15) is 0 Å². The molecule has 92 valence electrons. The molecule has 2 atom stereocenters. The fourth-order valence-corrected chi connectivity index (χ4v) is 1.42. The lowest BCUT2D eigenvalue weighted by molar-refractivity contribution is 0.111. The van der Waals surface area contributed by atoms with Gasteiger partial charge in [-0.2, -0.15) is 0 Å². The number of aliphatic hydroxyl groups is 1. The Hall–Kier alpha value is -0.120. The number of nitrogens with one attached hydrogen (secondary N) is 1. The van der Waals surface area contributed by atoms with Gasteiger partial charge < -0.3 is 15.2 Å². The highest BCUT2D eigenvalue weighted by Gasteiger charge is 2.15. The highest BCUT2D eigenvalue weighted by molar-refractivity contribution is 4.73. The number of rotatable bonds is 8. The normalized spacial score (nSPS) is 16.0. The van der Waals surface area contributed by atoms with Crippen molar-refractivity contribution in [3.8, 4) is 0 Å². The number of ether oxygens (including phenoxy) is 1. The van der Waals surface area contributed by atoms with Crippen LogP contribution in [0.2, 0.25) is 0 Å². The summed E-state index contributed by atoms with van der Waals surface area (Å²) >= 11 is 0. The van der Waals surface area contributed by atoms with Gasteiger partial charge in [-0.15, -0.1) is 0 Å². The molecule has 0 heterocycles. The van der Waals surface area contributed by atoms with Gasteiger partial charge in [-0.05, 0) is 18.3 Å². The largest absolute Gasteiger partial charge is 0.392 e. The minimum atomic E-state index is -0.256. The van der Waals surface area contributed by atoms with Crippen LogP contribution in [0, 0.1) is 11.8 Å². The molecule has 0 aliphatic carbocycles. The maximum absolute atomic E-state index is 9.69. The lowest BCUT2D eigenvalue weighted by atomic mass is 10.00. The summed E-state index contributed by atoms with van der Waals surface area (Å²) in [5.74, 6) is 0.882. The molecule has 0 radical (unpaired) electrons. The predicted molar refractivity (Wildman–Crippen MR) is 64.0 cm³/mol. The maximum Gasteiger partial charge on any atom is 0.0687 e. The summed E-state index contributed by atoms with van der Waals surface area (Å²) in [6.45, 7) is 9.89. The Bertz CT molecular complexity index is 149. The van der Waals surface area contributed by atoms with Gasteiger partial charge in [-0.1, -0.05) is 27.7 Å². The van der Waals surface area contributed by atoms with Crippen LogP contribution < -0.4 is 5.32 Å². The average molecular weight is 217 g/mol. The van der Waals surface area contributed by atoms with Crippen molar-refractivity contribution in [3.63, 3.8) is 0 Å². The van der Waals surface area contributed by atoms with Crippen molar-refractivity contribution in [2.45, 2.75) is 46.3 Å². The molecule has 0 aliphatic heterocycles. The summed E-state index contributed by atoms with van der Waals surface area (Å²) < 4.78 is 5.07. The van der Waals surface area contributed by atoms with E-state index in [1.807, 2.05) is 13.8 Å². The zero-order valence-electron chi connectivity index (χ0n) is 10.8. The maximum atomic E-state index is 9.69. The van der Waals surface area contributed by atoms with Crippen LogP contribution in [-0.2, 0) is 4.74 Å². The smallest absolute Gasteiger partial charge is 0.0687 e. The van der Waals surface area contributed by atoms with Crippen molar-refractivity contribution < 1.29 is 9.84 Å². The predicted octanol–water partition coefficient (Wildman–Crippen LogP) is 1.65. The van der Waals surface area contributed by atoms with Gasteiger partial charge in [-0.3, -0.25) is 0 Å². The van der Waals surface area contributed by atoms with Gasteiger partial charge >= 0.3 is 0 Å². The van der Waals surface area contributed by atoms with Gasteiger partial charge in [0.15, 0.2) is 0 Å². The second-order valence-electron chi connectivity index (χ2n) is 4.85. The van der Waals surface area contributed by atoms with E-state index >= 15 is 0 Å². The highest BCUT2D eigenvalue weighted by atomic mass is 16.5. The number of aliphatic hydroxyl groups excluding tert-OH is 1. The SMILES string of the molecule is COCCC(NCC(O)C(C)C)C(C)C. The molecule has 0 rings (SSSR count). The van der Waals surface area contributed by atoms with Crippen molar-refractivity contribution in [1.82, 2.24) is 5.32 Å². The molecule has 0 saturated heterocycles. The van der Waals surface area contributed by atoms with Crippen molar-refractivity contribution in [2.24, 2.45) is 11.8 Å². The molecule has 0 fully saturated rings. The van der Waals surface area contributed by atoms with Crippen LogP contribution in [0.1, 0.15) is 34.1 Å². The second kappa shape index (κ2) is 8.08. The molecule has 0 aliphatic rings. The summed E-state index contributed by atoms with van der Waals surface area (Å²) in [7, 11) is 1.72. The summed E-state index contributed by atoms with van der Waals surface area (Å²) in [6.07, 6.45) is 0.743. The summed E-state index contributed by atoms with van der Waals surface area (Å²) in [5, 5.41) is 13.1. The zero-order valence-corrected chi connectivity index (χ0v) is 10.8. The van der Waals surface area contributed by atoms with Gasteiger partial charge in [-0.25, -0.2) is 0 Å². The Labute approximate surface area is 94.2 Å². The van der Waals surface area contributed by atoms with Crippen LogP contribution in [-0.4, -0.2) is 37.5 Å². The summed E-state index contributed by atoms with van der Waals surface area (Å²) in [6, 6.07) is 0.429. The van der Waals surface area contributed by atoms with Crippen LogP contribution in [0.5, 0.6) is 0 Å². The molecular formula is C12H27NO2. The first-order chi connectivity index (χ1) is 6.99. The third kappa shape index (κ3) is 6.88. The fraction of sp³-hybridized carbons (Fsp3) is 1.00. The van der Waals surface area contributed by atoms with Crippen molar-refractivity contribution in [3.05, 3.63) is 0 Å². The monoisotopic (exact) mass is 217 g/mol. The molecule has 0 aromatic rings. The van der Waals surface area contributed by atoms with Crippen LogP contribution in [0.25, 0.3) is 0 Å². The van der Waals surface area contributed by atoms with E-state index in [9.17, 15) is 5.11 Å². The molecule has 0 bridgehead atoms. The second-order valence-corrected chi connectivity index (χ2v) is 4.85. The van der Waals surface area contributed by atoms with E-state index in [1.165, 1.54) is 0 Å².